The zero-order chi connectivity index (χ0) is 22.7. The van der Waals surface area contributed by atoms with Crippen LogP contribution in [-0.4, -0.2) is 71.9 Å². The van der Waals surface area contributed by atoms with Gasteiger partial charge >= 0.3 is 5.97 Å². The molecule has 32 heavy (non-hydrogen) atoms. The lowest BCUT2D eigenvalue weighted by Gasteiger charge is -2.46. The second kappa shape index (κ2) is 9.48. The fourth-order valence-electron chi connectivity index (χ4n) is 5.02. The summed E-state index contributed by atoms with van der Waals surface area (Å²) in [6.07, 6.45) is 2.34. The summed E-state index contributed by atoms with van der Waals surface area (Å²) in [6, 6.07) is 15.2. The van der Waals surface area contributed by atoms with E-state index in [0.717, 1.165) is 38.2 Å². The van der Waals surface area contributed by atoms with Crippen LogP contribution in [0, 0.1) is 0 Å². The number of aliphatic carboxylic acids is 1. The molecule has 2 heterocycles. The molecule has 2 aromatic rings. The van der Waals surface area contributed by atoms with E-state index in [4.69, 9.17) is 9.84 Å². The molecule has 2 atom stereocenters. The fourth-order valence-corrected chi connectivity index (χ4v) is 5.02. The maximum Gasteiger partial charge on any atom is 0.320 e. The second-order valence-corrected chi connectivity index (χ2v) is 9.17. The summed E-state index contributed by atoms with van der Waals surface area (Å²) in [7, 11) is 4.24. The van der Waals surface area contributed by atoms with Crippen LogP contribution in [0.1, 0.15) is 30.4 Å². The largest absolute Gasteiger partial charge is 0.508 e. The Hall–Kier alpha value is -2.61. The van der Waals surface area contributed by atoms with Gasteiger partial charge in [0, 0.05) is 38.1 Å². The summed E-state index contributed by atoms with van der Waals surface area (Å²) in [4.78, 5) is 15.9. The molecule has 0 unspecified atom stereocenters. The molecule has 2 aliphatic rings. The number of benzene rings is 2. The number of phenols is 1. The van der Waals surface area contributed by atoms with Crippen molar-refractivity contribution < 1.29 is 19.7 Å². The van der Waals surface area contributed by atoms with E-state index in [1.165, 1.54) is 11.1 Å². The first kappa shape index (κ1) is 22.6. The molecule has 7 heteroatoms. The van der Waals surface area contributed by atoms with E-state index in [0.29, 0.717) is 18.7 Å². The average molecular weight is 440 g/mol. The first-order valence-corrected chi connectivity index (χ1v) is 11.3. The van der Waals surface area contributed by atoms with Crippen molar-refractivity contribution in [2.24, 2.45) is 0 Å². The van der Waals surface area contributed by atoms with Crippen molar-refractivity contribution in [2.45, 2.75) is 43.5 Å². The predicted molar refractivity (Wildman–Crippen MR) is 123 cm³/mol. The van der Waals surface area contributed by atoms with Crippen molar-refractivity contribution in [1.29, 1.82) is 0 Å². The van der Waals surface area contributed by atoms with Crippen molar-refractivity contribution in [2.75, 3.05) is 33.7 Å². The fraction of sp³-hybridized carbons (Fsp3) is 0.480. The zero-order valence-electron chi connectivity index (χ0n) is 18.8. The number of aromatic hydroxyl groups is 1. The van der Waals surface area contributed by atoms with Gasteiger partial charge in [0.25, 0.3) is 0 Å². The van der Waals surface area contributed by atoms with Crippen LogP contribution in [-0.2, 0) is 16.9 Å². The Kier molecular flexibility index (Phi) is 6.69. The molecule has 0 spiro atoms. The number of phenolic OH excluding ortho intramolecular Hbond substituents is 1. The smallest absolute Gasteiger partial charge is 0.320 e. The highest BCUT2D eigenvalue weighted by molar-refractivity contribution is 5.73. The maximum absolute atomic E-state index is 11.1. The number of nitrogens with one attached hydrogen (secondary N) is 1. The monoisotopic (exact) mass is 439 g/mol. The number of hydrogen-bond acceptors (Lipinski definition) is 6. The molecular weight excluding hydrogens is 406 g/mol. The standard InChI is InChI=1S/C25H33N3O4/c1-27(2)25(19-6-4-7-20(29)14-19)9-11-28(12-10-25)17-18-5-3-8-21(13-18)32-22-15-23(24(30)31)26-16-22/h3-8,13-14,22-23,26,29H,9-12,15-17H2,1-2H3,(H,30,31)/t22-,23-/m0/s1. The van der Waals surface area contributed by atoms with Gasteiger partial charge in [0.1, 0.15) is 23.6 Å². The molecule has 2 aromatic carbocycles. The molecule has 3 N–H and O–H groups in total. The number of carboxylic acid groups (broad SMARTS) is 1. The van der Waals surface area contributed by atoms with Gasteiger partial charge in [-0.15, -0.1) is 0 Å². The van der Waals surface area contributed by atoms with Gasteiger partial charge in [0.2, 0.25) is 0 Å². The van der Waals surface area contributed by atoms with E-state index in [1.807, 2.05) is 24.3 Å². The number of rotatable bonds is 7. The van der Waals surface area contributed by atoms with Crippen LogP contribution >= 0.6 is 0 Å². The molecule has 0 aliphatic carbocycles. The van der Waals surface area contributed by atoms with Gasteiger partial charge in [-0.1, -0.05) is 24.3 Å². The molecule has 0 bridgehead atoms. The van der Waals surface area contributed by atoms with Crippen molar-refractivity contribution in [3.05, 3.63) is 59.7 Å². The molecule has 4 rings (SSSR count). The van der Waals surface area contributed by atoms with Gasteiger partial charge in [-0.3, -0.25) is 14.6 Å². The minimum atomic E-state index is -0.825. The highest BCUT2D eigenvalue weighted by Crippen LogP contribution is 2.38. The number of carbonyl (C=O) groups is 1. The summed E-state index contributed by atoms with van der Waals surface area (Å²) in [5.74, 6) is 0.282. The van der Waals surface area contributed by atoms with Crippen LogP contribution in [0.5, 0.6) is 11.5 Å². The van der Waals surface area contributed by atoms with Crippen LogP contribution in [0.15, 0.2) is 48.5 Å². The molecule has 7 nitrogen and oxygen atoms in total. The van der Waals surface area contributed by atoms with Crippen molar-refractivity contribution in [1.82, 2.24) is 15.1 Å². The molecule has 0 amide bonds. The summed E-state index contributed by atoms with van der Waals surface area (Å²) < 4.78 is 6.04. The van der Waals surface area contributed by atoms with Gasteiger partial charge in [0.05, 0.1) is 0 Å². The quantitative estimate of drug-likeness (QED) is 0.612. The summed E-state index contributed by atoms with van der Waals surface area (Å²) in [5, 5.41) is 22.1. The number of carboxylic acids is 1. The first-order valence-electron chi connectivity index (χ1n) is 11.3. The normalized spacial score (nSPS) is 23.3. The highest BCUT2D eigenvalue weighted by atomic mass is 16.5. The number of likely N-dealkylation sites (tertiary alicyclic amines) is 1. The van der Waals surface area contributed by atoms with E-state index in [1.54, 1.807) is 6.07 Å². The van der Waals surface area contributed by atoms with Crippen molar-refractivity contribution in [3.63, 3.8) is 0 Å². The van der Waals surface area contributed by atoms with Gasteiger partial charge in [-0.05, 0) is 62.3 Å². The molecule has 0 aromatic heterocycles. The van der Waals surface area contributed by atoms with Crippen LogP contribution in [0.25, 0.3) is 0 Å². The van der Waals surface area contributed by atoms with Crippen molar-refractivity contribution in [3.8, 4) is 11.5 Å². The Balaban J connectivity index is 1.37. The summed E-state index contributed by atoms with van der Waals surface area (Å²) in [5.41, 5.74) is 2.29. The second-order valence-electron chi connectivity index (χ2n) is 9.17. The van der Waals surface area contributed by atoms with Crippen LogP contribution in [0.3, 0.4) is 0 Å². The highest BCUT2D eigenvalue weighted by Gasteiger charge is 2.38. The number of ether oxygens (including phenoxy) is 1. The van der Waals surface area contributed by atoms with E-state index in [9.17, 15) is 9.90 Å². The minimum absolute atomic E-state index is 0.0731. The third kappa shape index (κ3) is 4.90. The van der Waals surface area contributed by atoms with Crippen LogP contribution < -0.4 is 10.1 Å². The van der Waals surface area contributed by atoms with Crippen molar-refractivity contribution >= 4 is 5.97 Å². The Morgan fingerprint density at radius 2 is 1.94 bits per heavy atom. The lowest BCUT2D eigenvalue weighted by atomic mass is 9.79. The van der Waals surface area contributed by atoms with E-state index < -0.39 is 12.0 Å². The lowest BCUT2D eigenvalue weighted by molar-refractivity contribution is -0.139. The Bertz CT molecular complexity index is 940. The molecule has 172 valence electrons. The SMILES string of the molecule is CN(C)C1(c2cccc(O)c2)CCN(Cc2cccc(O[C@@H]3CN[C@H](C(=O)O)C3)c2)CC1. The predicted octanol–water partition coefficient (Wildman–Crippen LogP) is 2.64. The lowest BCUT2D eigenvalue weighted by Crippen LogP contribution is -2.50. The molecule has 0 radical (unpaired) electrons. The number of piperidine rings is 1. The third-order valence-electron chi connectivity index (χ3n) is 6.92. The first-order chi connectivity index (χ1) is 15.4. The van der Waals surface area contributed by atoms with Gasteiger partial charge in [-0.25, -0.2) is 0 Å². The third-order valence-corrected chi connectivity index (χ3v) is 6.92. The molecule has 2 aliphatic heterocycles. The molecule has 2 saturated heterocycles. The average Bonchev–Trinajstić information content (AvgIpc) is 3.23. The van der Waals surface area contributed by atoms with Crippen LogP contribution in [0.2, 0.25) is 0 Å². The maximum atomic E-state index is 11.1. The summed E-state index contributed by atoms with van der Waals surface area (Å²) in [6.45, 7) is 3.33. The van der Waals surface area contributed by atoms with Gasteiger partial charge in [-0.2, -0.15) is 0 Å². The van der Waals surface area contributed by atoms with Crippen LogP contribution in [0.4, 0.5) is 0 Å². The minimum Gasteiger partial charge on any atom is -0.508 e. The van der Waals surface area contributed by atoms with Gasteiger partial charge < -0.3 is 20.3 Å². The van der Waals surface area contributed by atoms with E-state index in [2.05, 4.69) is 47.4 Å². The topological polar surface area (TPSA) is 85.3 Å². The Labute approximate surface area is 189 Å². The molecule has 2 fully saturated rings. The number of hydrogen-bond donors (Lipinski definition) is 3. The van der Waals surface area contributed by atoms with Gasteiger partial charge in [0.15, 0.2) is 0 Å². The Morgan fingerprint density at radius 1 is 1.19 bits per heavy atom. The number of nitrogens with zero attached hydrogens (tertiary/aromatic N) is 2. The zero-order valence-corrected chi connectivity index (χ0v) is 18.8. The van der Waals surface area contributed by atoms with E-state index >= 15 is 0 Å². The molecular formula is C25H33N3O4. The van der Waals surface area contributed by atoms with E-state index in [-0.39, 0.29) is 11.6 Å². The summed E-state index contributed by atoms with van der Waals surface area (Å²) >= 11 is 0. The molecule has 0 saturated carbocycles. The Morgan fingerprint density at radius 3 is 2.59 bits per heavy atom.